The van der Waals surface area contributed by atoms with Crippen molar-refractivity contribution in [3.8, 4) is 29.2 Å². The molecule has 0 atom stereocenters. The van der Waals surface area contributed by atoms with Crippen molar-refractivity contribution < 1.29 is 17.9 Å². The Bertz CT molecular complexity index is 621. The van der Waals surface area contributed by atoms with Crippen molar-refractivity contribution in [2.75, 3.05) is 0 Å². The van der Waals surface area contributed by atoms with Gasteiger partial charge < -0.3 is 4.74 Å². The molecule has 1 aromatic carbocycles. The second-order valence-electron chi connectivity index (χ2n) is 3.78. The molecule has 0 radical (unpaired) electrons. The Morgan fingerprint density at radius 3 is 2.42 bits per heavy atom. The van der Waals surface area contributed by atoms with Gasteiger partial charge >= 0.3 is 6.36 Å². The number of aryl methyl sites for hydroxylation is 1. The Kier molecular flexibility index (Phi) is 3.21. The maximum absolute atomic E-state index is 12.0. The van der Waals surface area contributed by atoms with E-state index in [0.29, 0.717) is 16.8 Å². The van der Waals surface area contributed by atoms with E-state index in [1.54, 1.807) is 17.9 Å². The van der Waals surface area contributed by atoms with Crippen LogP contribution in [0.4, 0.5) is 13.2 Å². The van der Waals surface area contributed by atoms with E-state index in [1.165, 1.54) is 24.3 Å². The zero-order valence-electron chi connectivity index (χ0n) is 9.90. The van der Waals surface area contributed by atoms with Crippen LogP contribution in [0.2, 0.25) is 0 Å². The number of benzene rings is 1. The molecule has 2 aromatic rings. The molecule has 0 bridgehead atoms. The highest BCUT2D eigenvalue weighted by molar-refractivity contribution is 5.69. The maximum atomic E-state index is 12.0. The molecule has 98 valence electrons. The molecule has 6 heteroatoms. The van der Waals surface area contributed by atoms with Crippen molar-refractivity contribution in [1.82, 2.24) is 9.78 Å². The van der Waals surface area contributed by atoms with Gasteiger partial charge in [0, 0.05) is 18.8 Å². The highest BCUT2D eigenvalue weighted by Crippen LogP contribution is 2.27. The molecule has 1 heterocycles. The lowest BCUT2D eigenvalue weighted by Crippen LogP contribution is -2.16. The minimum atomic E-state index is -4.69. The largest absolute Gasteiger partial charge is 0.573 e. The van der Waals surface area contributed by atoms with Crippen LogP contribution in [0.15, 0.2) is 30.5 Å². The summed E-state index contributed by atoms with van der Waals surface area (Å²) < 4.78 is 41.4. The summed E-state index contributed by atoms with van der Waals surface area (Å²) in [6.07, 6.45) is 2.32. The van der Waals surface area contributed by atoms with Gasteiger partial charge in [0.15, 0.2) is 0 Å². The van der Waals surface area contributed by atoms with Gasteiger partial charge in [0.1, 0.15) is 11.4 Å². The molecule has 19 heavy (non-hydrogen) atoms. The number of ether oxygens (including phenoxy) is 1. The van der Waals surface area contributed by atoms with Crippen LogP contribution in [0, 0.1) is 12.3 Å². The molecule has 3 nitrogen and oxygen atoms in total. The molecule has 0 N–H and O–H groups in total. The summed E-state index contributed by atoms with van der Waals surface area (Å²) in [5.74, 6) is 2.15. The second-order valence-corrected chi connectivity index (χ2v) is 3.78. The van der Waals surface area contributed by atoms with Gasteiger partial charge in [0.05, 0.1) is 0 Å². The average molecular weight is 266 g/mol. The second kappa shape index (κ2) is 4.69. The fourth-order valence-corrected chi connectivity index (χ4v) is 1.64. The molecule has 0 amide bonds. The van der Waals surface area contributed by atoms with Gasteiger partial charge in [-0.2, -0.15) is 5.10 Å². The lowest BCUT2D eigenvalue weighted by Gasteiger charge is -2.08. The SMILES string of the molecule is C#Cc1nn(C)cc1-c1ccc(OC(F)(F)F)cc1. The molecule has 0 saturated carbocycles. The van der Waals surface area contributed by atoms with E-state index in [1.807, 2.05) is 0 Å². The summed E-state index contributed by atoms with van der Waals surface area (Å²) in [4.78, 5) is 0. The first-order valence-electron chi connectivity index (χ1n) is 5.25. The molecule has 0 unspecified atom stereocenters. The molecule has 0 fully saturated rings. The normalized spacial score (nSPS) is 11.1. The molecule has 0 saturated heterocycles. The number of terminal acetylenes is 1. The average Bonchev–Trinajstić information content (AvgIpc) is 2.69. The van der Waals surface area contributed by atoms with Crippen molar-refractivity contribution in [2.24, 2.45) is 7.05 Å². The topological polar surface area (TPSA) is 27.1 Å². The van der Waals surface area contributed by atoms with Crippen molar-refractivity contribution in [3.63, 3.8) is 0 Å². The van der Waals surface area contributed by atoms with Crippen LogP contribution in [0.25, 0.3) is 11.1 Å². The van der Waals surface area contributed by atoms with E-state index in [4.69, 9.17) is 6.42 Å². The summed E-state index contributed by atoms with van der Waals surface area (Å²) in [7, 11) is 1.71. The van der Waals surface area contributed by atoms with Gasteiger partial charge in [-0.15, -0.1) is 19.6 Å². The fraction of sp³-hybridized carbons (Fsp3) is 0.154. The third-order valence-electron chi connectivity index (χ3n) is 2.36. The van der Waals surface area contributed by atoms with Gasteiger partial charge in [0.25, 0.3) is 0 Å². The van der Waals surface area contributed by atoms with E-state index >= 15 is 0 Å². The van der Waals surface area contributed by atoms with Crippen LogP contribution in [-0.4, -0.2) is 16.1 Å². The quantitative estimate of drug-likeness (QED) is 0.781. The molecule has 0 spiro atoms. The van der Waals surface area contributed by atoms with Gasteiger partial charge in [-0.3, -0.25) is 4.68 Å². The first-order chi connectivity index (χ1) is 8.89. The molecular formula is C13H9F3N2O. The summed E-state index contributed by atoms with van der Waals surface area (Å²) in [5.41, 5.74) is 1.80. The van der Waals surface area contributed by atoms with Crippen molar-refractivity contribution in [2.45, 2.75) is 6.36 Å². The van der Waals surface area contributed by atoms with Crippen LogP contribution in [-0.2, 0) is 7.05 Å². The molecule has 0 aliphatic heterocycles. The Hall–Kier alpha value is -2.42. The van der Waals surface area contributed by atoms with E-state index < -0.39 is 6.36 Å². The minimum Gasteiger partial charge on any atom is -0.406 e. The lowest BCUT2D eigenvalue weighted by atomic mass is 10.1. The predicted molar refractivity (Wildman–Crippen MR) is 63.3 cm³/mol. The van der Waals surface area contributed by atoms with Crippen molar-refractivity contribution in [1.29, 1.82) is 0 Å². The number of hydrogen-bond acceptors (Lipinski definition) is 2. The van der Waals surface area contributed by atoms with Gasteiger partial charge in [-0.25, -0.2) is 0 Å². The zero-order valence-corrected chi connectivity index (χ0v) is 9.90. The number of nitrogens with zero attached hydrogens (tertiary/aromatic N) is 2. The molecule has 0 aliphatic carbocycles. The van der Waals surface area contributed by atoms with Crippen molar-refractivity contribution in [3.05, 3.63) is 36.2 Å². The smallest absolute Gasteiger partial charge is 0.406 e. The first kappa shape index (κ1) is 13.0. The van der Waals surface area contributed by atoms with E-state index in [0.717, 1.165) is 0 Å². The number of hydrogen-bond donors (Lipinski definition) is 0. The van der Waals surface area contributed by atoms with Gasteiger partial charge in [0.2, 0.25) is 0 Å². The van der Waals surface area contributed by atoms with Crippen LogP contribution in [0.3, 0.4) is 0 Å². The summed E-state index contributed by atoms with van der Waals surface area (Å²) in [5, 5.41) is 4.06. The monoisotopic (exact) mass is 266 g/mol. The molecule has 1 aromatic heterocycles. The molecule has 0 aliphatic rings. The van der Waals surface area contributed by atoms with Crippen LogP contribution in [0.1, 0.15) is 5.69 Å². The van der Waals surface area contributed by atoms with E-state index in [2.05, 4.69) is 15.8 Å². The van der Waals surface area contributed by atoms with Crippen molar-refractivity contribution >= 4 is 0 Å². The fourth-order valence-electron chi connectivity index (χ4n) is 1.64. The number of alkyl halides is 3. The third-order valence-corrected chi connectivity index (χ3v) is 2.36. The number of aromatic nitrogens is 2. The Morgan fingerprint density at radius 2 is 1.89 bits per heavy atom. The number of halogens is 3. The Labute approximate surface area is 107 Å². The van der Waals surface area contributed by atoms with E-state index in [-0.39, 0.29) is 5.75 Å². The molecule has 2 rings (SSSR count). The van der Waals surface area contributed by atoms with Crippen LogP contribution < -0.4 is 4.74 Å². The zero-order chi connectivity index (χ0) is 14.0. The lowest BCUT2D eigenvalue weighted by molar-refractivity contribution is -0.274. The summed E-state index contributed by atoms with van der Waals surface area (Å²) >= 11 is 0. The highest BCUT2D eigenvalue weighted by atomic mass is 19.4. The maximum Gasteiger partial charge on any atom is 0.573 e. The number of rotatable bonds is 2. The minimum absolute atomic E-state index is 0.276. The van der Waals surface area contributed by atoms with Gasteiger partial charge in [-0.05, 0) is 23.6 Å². The molecular weight excluding hydrogens is 257 g/mol. The standard InChI is InChI=1S/C13H9F3N2O/c1-3-12-11(8-18(2)17-12)9-4-6-10(7-5-9)19-13(14,15)16/h1,4-8H,2H3. The first-order valence-corrected chi connectivity index (χ1v) is 5.25. The van der Waals surface area contributed by atoms with E-state index in [9.17, 15) is 13.2 Å². The third kappa shape index (κ3) is 3.07. The van der Waals surface area contributed by atoms with Crippen LogP contribution >= 0.6 is 0 Å². The Morgan fingerprint density at radius 1 is 1.26 bits per heavy atom. The summed E-state index contributed by atoms with van der Waals surface area (Å²) in [6, 6.07) is 5.46. The highest BCUT2D eigenvalue weighted by Gasteiger charge is 2.30. The summed E-state index contributed by atoms with van der Waals surface area (Å²) in [6.45, 7) is 0. The Balaban J connectivity index is 2.30. The van der Waals surface area contributed by atoms with Gasteiger partial charge in [-0.1, -0.05) is 12.1 Å². The predicted octanol–water partition coefficient (Wildman–Crippen LogP) is 2.97. The van der Waals surface area contributed by atoms with Crippen LogP contribution in [0.5, 0.6) is 5.75 Å².